The van der Waals surface area contributed by atoms with Crippen LogP contribution in [0.5, 0.6) is 0 Å². The van der Waals surface area contributed by atoms with E-state index in [4.69, 9.17) is 0 Å². The molecule has 1 N–H and O–H groups in total. The second kappa shape index (κ2) is 6.30. The van der Waals surface area contributed by atoms with Crippen LogP contribution in [-0.4, -0.2) is 12.3 Å². The second-order valence-electron chi connectivity index (χ2n) is 4.36. The van der Waals surface area contributed by atoms with E-state index >= 15 is 0 Å². The summed E-state index contributed by atoms with van der Waals surface area (Å²) >= 11 is 3.26. The molecule has 0 aliphatic heterocycles. The lowest BCUT2D eigenvalue weighted by Crippen LogP contribution is -2.14. The van der Waals surface area contributed by atoms with Crippen molar-refractivity contribution in [3.63, 3.8) is 0 Å². The standard InChI is InChI=1S/C15H11BrF3NO/c16-12-6-4-10(5-7-12)14(21)9-20-13-3-1-2-11(8-13)15(17,18)19/h1-8,20H,9H2. The molecule has 0 aliphatic rings. The summed E-state index contributed by atoms with van der Waals surface area (Å²) in [6.45, 7) is -0.0665. The summed E-state index contributed by atoms with van der Waals surface area (Å²) in [4.78, 5) is 11.9. The fourth-order valence-corrected chi connectivity index (χ4v) is 1.99. The molecule has 0 amide bonds. The maximum absolute atomic E-state index is 12.6. The number of ketones is 1. The van der Waals surface area contributed by atoms with Crippen molar-refractivity contribution in [3.05, 3.63) is 64.1 Å². The van der Waals surface area contributed by atoms with E-state index in [2.05, 4.69) is 21.2 Å². The van der Waals surface area contributed by atoms with Crippen molar-refractivity contribution in [2.75, 3.05) is 11.9 Å². The molecule has 0 radical (unpaired) electrons. The minimum absolute atomic E-state index is 0.0665. The van der Waals surface area contributed by atoms with Gasteiger partial charge in [-0.3, -0.25) is 4.79 Å². The summed E-state index contributed by atoms with van der Waals surface area (Å²) in [5.41, 5.74) is 0.0107. The Kier molecular flexibility index (Phi) is 4.67. The molecule has 0 bridgehead atoms. The van der Waals surface area contributed by atoms with E-state index in [1.54, 1.807) is 24.3 Å². The summed E-state index contributed by atoms with van der Waals surface area (Å²) in [5.74, 6) is -0.195. The van der Waals surface area contributed by atoms with Crippen LogP contribution in [0.15, 0.2) is 53.0 Å². The Morgan fingerprint density at radius 3 is 2.38 bits per heavy atom. The van der Waals surface area contributed by atoms with Gasteiger partial charge >= 0.3 is 6.18 Å². The third kappa shape index (κ3) is 4.32. The Bertz CT molecular complexity index is 638. The van der Waals surface area contributed by atoms with E-state index in [1.807, 2.05) is 0 Å². The monoisotopic (exact) mass is 357 g/mol. The van der Waals surface area contributed by atoms with E-state index in [1.165, 1.54) is 12.1 Å². The van der Waals surface area contributed by atoms with Gasteiger partial charge in [0.05, 0.1) is 12.1 Å². The maximum Gasteiger partial charge on any atom is 0.416 e. The number of hydrogen-bond acceptors (Lipinski definition) is 2. The first kappa shape index (κ1) is 15.6. The molecule has 0 unspecified atom stereocenters. The fourth-order valence-electron chi connectivity index (χ4n) is 1.73. The molecular weight excluding hydrogens is 347 g/mol. The lowest BCUT2D eigenvalue weighted by atomic mass is 10.1. The Balaban J connectivity index is 2.03. The number of carbonyl (C=O) groups excluding carboxylic acids is 1. The Labute approximate surface area is 128 Å². The summed E-state index contributed by atoms with van der Waals surface area (Å²) in [6, 6.07) is 11.5. The van der Waals surface area contributed by atoms with E-state index in [0.29, 0.717) is 5.56 Å². The Hall–Kier alpha value is -1.82. The van der Waals surface area contributed by atoms with Gasteiger partial charge in [-0.1, -0.05) is 34.1 Å². The first-order valence-corrected chi connectivity index (χ1v) is 6.85. The molecule has 2 nitrogen and oxygen atoms in total. The van der Waals surface area contributed by atoms with Crippen molar-refractivity contribution in [2.45, 2.75) is 6.18 Å². The van der Waals surface area contributed by atoms with Crippen LogP contribution < -0.4 is 5.32 Å². The molecule has 0 heterocycles. The van der Waals surface area contributed by atoms with E-state index in [0.717, 1.165) is 16.6 Å². The largest absolute Gasteiger partial charge is 0.416 e. The highest BCUT2D eigenvalue weighted by molar-refractivity contribution is 9.10. The molecule has 0 fully saturated rings. The molecule has 0 spiro atoms. The number of carbonyl (C=O) groups is 1. The highest BCUT2D eigenvalue weighted by atomic mass is 79.9. The van der Waals surface area contributed by atoms with Crippen LogP contribution in [0.25, 0.3) is 0 Å². The van der Waals surface area contributed by atoms with Crippen molar-refractivity contribution in [2.24, 2.45) is 0 Å². The predicted octanol–water partition coefficient (Wildman–Crippen LogP) is 4.76. The number of benzene rings is 2. The number of Topliss-reactive ketones (excluding diaryl/α,β-unsaturated/α-hetero) is 1. The highest BCUT2D eigenvalue weighted by Gasteiger charge is 2.30. The smallest absolute Gasteiger partial charge is 0.378 e. The first-order chi connectivity index (χ1) is 9.86. The zero-order chi connectivity index (χ0) is 15.5. The lowest BCUT2D eigenvalue weighted by Gasteiger charge is -2.10. The van der Waals surface area contributed by atoms with Gasteiger partial charge in [0, 0.05) is 15.7 Å². The molecule has 0 saturated carbocycles. The third-order valence-electron chi connectivity index (χ3n) is 2.81. The van der Waals surface area contributed by atoms with Crippen molar-refractivity contribution in [3.8, 4) is 0 Å². The number of halogens is 4. The molecular formula is C15H11BrF3NO. The average molecular weight is 358 g/mol. The van der Waals surface area contributed by atoms with Crippen LogP contribution in [0.3, 0.4) is 0 Å². The van der Waals surface area contributed by atoms with Gasteiger partial charge in [0.15, 0.2) is 5.78 Å². The van der Waals surface area contributed by atoms with Gasteiger partial charge in [0.2, 0.25) is 0 Å². The number of alkyl halides is 3. The summed E-state index contributed by atoms with van der Waals surface area (Å²) in [6.07, 6.45) is -4.40. The van der Waals surface area contributed by atoms with Gasteiger partial charge in [-0.2, -0.15) is 13.2 Å². The Morgan fingerprint density at radius 1 is 1.10 bits per heavy atom. The molecule has 0 aliphatic carbocycles. The summed E-state index contributed by atoms with van der Waals surface area (Å²) < 4.78 is 38.6. The molecule has 21 heavy (non-hydrogen) atoms. The van der Waals surface area contributed by atoms with Gasteiger partial charge in [0.25, 0.3) is 0 Å². The normalized spacial score (nSPS) is 11.2. The summed E-state index contributed by atoms with van der Waals surface area (Å²) in [7, 11) is 0. The highest BCUT2D eigenvalue weighted by Crippen LogP contribution is 2.30. The van der Waals surface area contributed by atoms with Crippen LogP contribution in [0.4, 0.5) is 18.9 Å². The average Bonchev–Trinajstić information content (AvgIpc) is 2.45. The van der Waals surface area contributed by atoms with Gasteiger partial charge in [-0.15, -0.1) is 0 Å². The SMILES string of the molecule is O=C(CNc1cccc(C(F)(F)F)c1)c1ccc(Br)cc1. The van der Waals surface area contributed by atoms with Crippen molar-refractivity contribution < 1.29 is 18.0 Å². The van der Waals surface area contributed by atoms with Gasteiger partial charge in [-0.25, -0.2) is 0 Å². The van der Waals surface area contributed by atoms with Crippen LogP contribution in [0.1, 0.15) is 15.9 Å². The quantitative estimate of drug-likeness (QED) is 0.799. The summed E-state index contributed by atoms with van der Waals surface area (Å²) in [5, 5.41) is 2.71. The van der Waals surface area contributed by atoms with Crippen molar-refractivity contribution >= 4 is 27.4 Å². The fraction of sp³-hybridized carbons (Fsp3) is 0.133. The van der Waals surface area contributed by atoms with E-state index < -0.39 is 11.7 Å². The molecule has 0 aromatic heterocycles. The second-order valence-corrected chi connectivity index (χ2v) is 5.28. The number of rotatable bonds is 4. The molecule has 2 aromatic carbocycles. The number of hydrogen-bond donors (Lipinski definition) is 1. The topological polar surface area (TPSA) is 29.1 Å². The lowest BCUT2D eigenvalue weighted by molar-refractivity contribution is -0.137. The molecule has 110 valence electrons. The van der Waals surface area contributed by atoms with Crippen LogP contribution in [-0.2, 0) is 6.18 Å². The zero-order valence-corrected chi connectivity index (χ0v) is 12.3. The third-order valence-corrected chi connectivity index (χ3v) is 3.34. The van der Waals surface area contributed by atoms with Gasteiger partial charge in [0.1, 0.15) is 0 Å². The number of nitrogens with one attached hydrogen (secondary N) is 1. The minimum atomic E-state index is -4.40. The molecule has 6 heteroatoms. The predicted molar refractivity (Wildman–Crippen MR) is 78.4 cm³/mol. The van der Waals surface area contributed by atoms with Gasteiger partial charge < -0.3 is 5.32 Å². The van der Waals surface area contributed by atoms with Crippen LogP contribution >= 0.6 is 15.9 Å². The van der Waals surface area contributed by atoms with Gasteiger partial charge in [-0.05, 0) is 30.3 Å². The molecule has 0 atom stereocenters. The van der Waals surface area contributed by atoms with E-state index in [-0.39, 0.29) is 18.0 Å². The minimum Gasteiger partial charge on any atom is -0.378 e. The van der Waals surface area contributed by atoms with Crippen molar-refractivity contribution in [1.82, 2.24) is 0 Å². The van der Waals surface area contributed by atoms with Crippen LogP contribution in [0, 0.1) is 0 Å². The molecule has 2 rings (SSSR count). The zero-order valence-electron chi connectivity index (χ0n) is 10.7. The van der Waals surface area contributed by atoms with Crippen molar-refractivity contribution in [1.29, 1.82) is 0 Å². The van der Waals surface area contributed by atoms with E-state index in [9.17, 15) is 18.0 Å². The Morgan fingerprint density at radius 2 is 1.76 bits per heavy atom. The number of anilines is 1. The maximum atomic E-state index is 12.6. The molecule has 0 saturated heterocycles. The van der Waals surface area contributed by atoms with Crippen LogP contribution in [0.2, 0.25) is 0 Å². The molecule has 2 aromatic rings. The first-order valence-electron chi connectivity index (χ1n) is 6.06.